The average molecular weight is 434 g/mol. The van der Waals surface area contributed by atoms with E-state index in [0.29, 0.717) is 22.4 Å². The van der Waals surface area contributed by atoms with Crippen LogP contribution in [0.15, 0.2) is 48.5 Å². The highest BCUT2D eigenvalue weighted by Crippen LogP contribution is 2.31. The maximum atomic E-state index is 13.4. The first-order valence-corrected chi connectivity index (χ1v) is 10.5. The maximum Gasteiger partial charge on any atom is 0.200 e. The molecule has 0 aromatic heterocycles. The molecule has 3 aromatic rings. The predicted octanol–water partition coefficient (Wildman–Crippen LogP) is 5.01. The van der Waals surface area contributed by atoms with Crippen LogP contribution in [0, 0.1) is 20.8 Å². The lowest BCUT2D eigenvalue weighted by molar-refractivity contribution is 0.103. The van der Waals surface area contributed by atoms with E-state index in [2.05, 4.69) is 0 Å². The second-order valence-electron chi connectivity index (χ2n) is 7.20. The van der Waals surface area contributed by atoms with Gasteiger partial charge < -0.3 is 9.47 Å². The van der Waals surface area contributed by atoms with E-state index in [4.69, 9.17) is 9.47 Å². The molecule has 31 heavy (non-hydrogen) atoms. The van der Waals surface area contributed by atoms with Crippen molar-refractivity contribution in [1.29, 1.82) is 0 Å². The minimum atomic E-state index is -0.353. The highest BCUT2D eigenvalue weighted by Gasteiger charge is 2.23. The molecule has 0 amide bonds. The molecular weight excluding hydrogens is 411 g/mol. The van der Waals surface area contributed by atoms with Gasteiger partial charge in [0, 0.05) is 16.7 Å². The van der Waals surface area contributed by atoms with Gasteiger partial charge in [-0.3, -0.25) is 14.2 Å². The predicted molar refractivity (Wildman–Crippen MR) is 121 cm³/mol. The van der Waals surface area contributed by atoms with Gasteiger partial charge in [-0.15, -0.1) is 0 Å². The number of benzene rings is 3. The zero-order valence-electron chi connectivity index (χ0n) is 18.1. The van der Waals surface area contributed by atoms with E-state index in [1.165, 1.54) is 26.4 Å². The molecule has 0 aliphatic rings. The summed E-state index contributed by atoms with van der Waals surface area (Å²) >= 11 is 0. The molecule has 5 nitrogen and oxygen atoms in total. The van der Waals surface area contributed by atoms with Crippen LogP contribution in [-0.4, -0.2) is 25.8 Å². The lowest BCUT2D eigenvalue weighted by atomic mass is 9.92. The van der Waals surface area contributed by atoms with E-state index in [1.807, 2.05) is 26.8 Å². The molecule has 0 spiro atoms. The summed E-state index contributed by atoms with van der Waals surface area (Å²) in [5.41, 5.74) is 4.26. The highest BCUT2D eigenvalue weighted by atomic mass is 31.1. The lowest BCUT2D eigenvalue weighted by Gasteiger charge is -2.14. The molecule has 158 valence electrons. The fourth-order valence-corrected chi connectivity index (χ4v) is 3.91. The van der Waals surface area contributed by atoms with E-state index >= 15 is 0 Å². The van der Waals surface area contributed by atoms with Crippen LogP contribution in [0.3, 0.4) is 0 Å². The summed E-state index contributed by atoms with van der Waals surface area (Å²) in [5, 5.41) is 0.325. The lowest BCUT2D eigenvalue weighted by Crippen LogP contribution is -2.16. The van der Waals surface area contributed by atoms with Crippen molar-refractivity contribution in [2.24, 2.45) is 0 Å². The molecule has 0 heterocycles. The van der Waals surface area contributed by atoms with Gasteiger partial charge in [-0.1, -0.05) is 18.2 Å². The van der Waals surface area contributed by atoms with E-state index < -0.39 is 0 Å². The van der Waals surface area contributed by atoms with Gasteiger partial charge in [0.15, 0.2) is 14.2 Å². The quantitative estimate of drug-likeness (QED) is 0.386. The van der Waals surface area contributed by atoms with Crippen molar-refractivity contribution >= 4 is 25.3 Å². The van der Waals surface area contributed by atoms with Crippen LogP contribution in [0.5, 0.6) is 11.5 Å². The van der Waals surface area contributed by atoms with Gasteiger partial charge in [-0.2, -0.15) is 0 Å². The molecule has 0 aliphatic carbocycles. The Kier molecular flexibility index (Phi) is 6.67. The molecule has 6 heteroatoms. The Morgan fingerprint density at radius 3 is 2.00 bits per heavy atom. The molecule has 0 saturated heterocycles. The zero-order chi connectivity index (χ0) is 22.7. The molecule has 0 atom stereocenters. The van der Waals surface area contributed by atoms with Crippen molar-refractivity contribution in [3.8, 4) is 11.5 Å². The van der Waals surface area contributed by atoms with Crippen molar-refractivity contribution in [2.45, 2.75) is 20.8 Å². The zero-order valence-corrected chi connectivity index (χ0v) is 19.0. The van der Waals surface area contributed by atoms with Crippen LogP contribution in [-0.2, 0) is 4.57 Å². The number of methoxy groups -OCH3 is 2. The first-order valence-electron chi connectivity index (χ1n) is 9.68. The maximum absolute atomic E-state index is 13.4. The molecule has 3 aromatic carbocycles. The summed E-state index contributed by atoms with van der Waals surface area (Å²) in [6.45, 7) is 5.83. The summed E-state index contributed by atoms with van der Waals surface area (Å²) < 4.78 is 22.4. The molecule has 0 N–H and O–H groups in total. The molecule has 3 rings (SSSR count). The highest BCUT2D eigenvalue weighted by molar-refractivity contribution is 7.34. The summed E-state index contributed by atoms with van der Waals surface area (Å²) in [6.07, 6.45) is 0. The van der Waals surface area contributed by atoms with Gasteiger partial charge in [-0.25, -0.2) is 0 Å². The second kappa shape index (κ2) is 9.23. The molecular formula is C25H23O5P. The second-order valence-corrected chi connectivity index (χ2v) is 7.86. The van der Waals surface area contributed by atoms with Crippen molar-refractivity contribution in [2.75, 3.05) is 14.2 Å². The Bertz CT molecular complexity index is 1170. The Labute approximate surface area is 183 Å². The van der Waals surface area contributed by atoms with E-state index in [1.54, 1.807) is 30.3 Å². The molecule has 0 unspecified atom stereocenters. The van der Waals surface area contributed by atoms with Crippen LogP contribution >= 0.6 is 8.46 Å². The van der Waals surface area contributed by atoms with Crippen LogP contribution in [0.1, 0.15) is 48.5 Å². The van der Waals surface area contributed by atoms with Crippen molar-refractivity contribution in [3.05, 3.63) is 87.5 Å². The first-order chi connectivity index (χ1) is 14.8. The van der Waals surface area contributed by atoms with Crippen molar-refractivity contribution < 1.29 is 23.6 Å². The molecule has 0 aliphatic heterocycles. The van der Waals surface area contributed by atoms with Gasteiger partial charge in [0.05, 0.1) is 19.5 Å². The number of hydrogen-bond acceptors (Lipinski definition) is 5. The van der Waals surface area contributed by atoms with Crippen molar-refractivity contribution in [3.63, 3.8) is 0 Å². The van der Waals surface area contributed by atoms with E-state index in [9.17, 15) is 14.2 Å². The molecule has 0 radical (unpaired) electrons. The third kappa shape index (κ3) is 4.14. The molecule has 0 saturated carbocycles. The largest absolute Gasteiger partial charge is 0.496 e. The number of ether oxygens (including phenoxy) is 2. The van der Waals surface area contributed by atoms with Gasteiger partial charge in [0.25, 0.3) is 0 Å². The van der Waals surface area contributed by atoms with Crippen LogP contribution in [0.2, 0.25) is 0 Å². The van der Waals surface area contributed by atoms with Gasteiger partial charge in [-0.05, 0) is 67.8 Å². The fraction of sp³-hybridized carbons (Fsp3) is 0.200. The number of aryl methyl sites for hydroxylation is 1. The SMILES string of the molecule is COc1cccc(OC)c1C(=O)c1ccc(P=O)c(C(=O)c2ccc(C)c(C)c2C)c1. The van der Waals surface area contributed by atoms with Gasteiger partial charge in [0.2, 0.25) is 5.78 Å². The third-order valence-electron chi connectivity index (χ3n) is 5.56. The topological polar surface area (TPSA) is 69.7 Å². The van der Waals surface area contributed by atoms with Crippen molar-refractivity contribution in [1.82, 2.24) is 0 Å². The first kappa shape index (κ1) is 22.4. The molecule has 0 bridgehead atoms. The third-order valence-corrected chi connectivity index (χ3v) is 6.15. The Hall–Kier alpha value is -3.30. The Morgan fingerprint density at radius 1 is 0.774 bits per heavy atom. The summed E-state index contributed by atoms with van der Waals surface area (Å²) in [5.74, 6) is 0.108. The minimum Gasteiger partial charge on any atom is -0.496 e. The number of rotatable bonds is 7. The Balaban J connectivity index is 2.15. The normalized spacial score (nSPS) is 10.7. The van der Waals surface area contributed by atoms with Crippen LogP contribution in [0.25, 0.3) is 0 Å². The van der Waals surface area contributed by atoms with E-state index in [0.717, 1.165) is 16.7 Å². The Morgan fingerprint density at radius 2 is 1.42 bits per heavy atom. The summed E-state index contributed by atoms with van der Waals surface area (Å²) in [7, 11) is 2.65. The standard InChI is InChI=1S/C25H23O5P/c1-14-9-11-18(16(3)15(14)2)25(27)19-13-17(10-12-22(19)31-28)24(26)23-20(29-4)7-6-8-21(23)30-5/h6-13H,1-5H3. The number of carbonyl (C=O) groups is 2. The number of ketones is 2. The molecule has 0 fully saturated rings. The van der Waals surface area contributed by atoms with Gasteiger partial charge in [0.1, 0.15) is 17.1 Å². The average Bonchev–Trinajstić information content (AvgIpc) is 2.80. The minimum absolute atomic E-state index is 0.225. The monoisotopic (exact) mass is 434 g/mol. The van der Waals surface area contributed by atoms with Gasteiger partial charge >= 0.3 is 0 Å². The fourth-order valence-electron chi connectivity index (χ4n) is 3.51. The summed E-state index contributed by atoms with van der Waals surface area (Å²) in [4.78, 5) is 26.7. The van der Waals surface area contributed by atoms with Crippen LogP contribution < -0.4 is 14.8 Å². The summed E-state index contributed by atoms with van der Waals surface area (Å²) in [6, 6.07) is 13.3. The van der Waals surface area contributed by atoms with E-state index in [-0.39, 0.29) is 36.7 Å². The number of carbonyl (C=O) groups excluding carboxylic acids is 2. The van der Waals surface area contributed by atoms with Crippen LogP contribution in [0.4, 0.5) is 0 Å². The number of hydrogen-bond donors (Lipinski definition) is 0. The smallest absolute Gasteiger partial charge is 0.200 e.